The molecule has 0 aromatic heterocycles. The summed E-state index contributed by atoms with van der Waals surface area (Å²) in [5, 5.41) is 11.6. The maximum atomic E-state index is 11.6. The first-order valence-corrected chi connectivity index (χ1v) is 5.36. The van der Waals surface area contributed by atoms with Gasteiger partial charge in [-0.25, -0.2) is 4.79 Å². The third-order valence-electron chi connectivity index (χ3n) is 2.86. The van der Waals surface area contributed by atoms with Gasteiger partial charge in [0.2, 0.25) is 5.91 Å². The average Bonchev–Trinajstić information content (AvgIpc) is 1.97. The van der Waals surface area contributed by atoms with Crippen LogP contribution in [0.4, 0.5) is 0 Å². The molecule has 0 aromatic rings. The van der Waals surface area contributed by atoms with Crippen molar-refractivity contribution in [3.8, 4) is 0 Å². The van der Waals surface area contributed by atoms with Crippen LogP contribution in [0.15, 0.2) is 0 Å². The van der Waals surface area contributed by atoms with Crippen LogP contribution in [-0.2, 0) is 9.59 Å². The molecule has 4 heteroatoms. The Balaban J connectivity index is 2.59. The van der Waals surface area contributed by atoms with Gasteiger partial charge in [-0.3, -0.25) is 4.79 Å². The maximum Gasteiger partial charge on any atom is 0.326 e. The van der Waals surface area contributed by atoms with E-state index in [1.54, 1.807) is 20.8 Å². The average molecular weight is 213 g/mol. The van der Waals surface area contributed by atoms with Gasteiger partial charge in [0.1, 0.15) is 6.04 Å². The van der Waals surface area contributed by atoms with E-state index in [4.69, 9.17) is 5.11 Å². The number of carbonyl (C=O) groups excluding carboxylic acids is 1. The molecule has 0 saturated heterocycles. The van der Waals surface area contributed by atoms with E-state index >= 15 is 0 Å². The lowest BCUT2D eigenvalue weighted by molar-refractivity contribution is -0.145. The van der Waals surface area contributed by atoms with Gasteiger partial charge in [0, 0.05) is 5.41 Å². The Labute approximate surface area is 90.0 Å². The van der Waals surface area contributed by atoms with Gasteiger partial charge in [-0.15, -0.1) is 0 Å². The van der Waals surface area contributed by atoms with Crippen molar-refractivity contribution in [2.45, 2.75) is 46.1 Å². The summed E-state index contributed by atoms with van der Waals surface area (Å²) in [6.07, 6.45) is 2.88. The number of amides is 1. The van der Waals surface area contributed by atoms with E-state index in [9.17, 15) is 9.59 Å². The molecule has 1 amide bonds. The molecule has 0 radical (unpaired) electrons. The van der Waals surface area contributed by atoms with Crippen molar-refractivity contribution in [1.29, 1.82) is 0 Å². The predicted octanol–water partition coefficient (Wildman–Crippen LogP) is 1.40. The van der Waals surface area contributed by atoms with Crippen LogP contribution in [-0.4, -0.2) is 23.0 Å². The number of carbonyl (C=O) groups is 2. The fraction of sp³-hybridized carbons (Fsp3) is 0.818. The highest BCUT2D eigenvalue weighted by Crippen LogP contribution is 2.30. The van der Waals surface area contributed by atoms with Crippen molar-refractivity contribution < 1.29 is 14.7 Å². The van der Waals surface area contributed by atoms with E-state index in [1.165, 1.54) is 0 Å². The highest BCUT2D eigenvalue weighted by molar-refractivity contribution is 5.86. The van der Waals surface area contributed by atoms with Crippen LogP contribution in [0.2, 0.25) is 0 Å². The lowest BCUT2D eigenvalue weighted by atomic mass is 9.79. The van der Waals surface area contributed by atoms with Gasteiger partial charge < -0.3 is 10.4 Å². The summed E-state index contributed by atoms with van der Waals surface area (Å²) in [4.78, 5) is 22.6. The van der Waals surface area contributed by atoms with E-state index < -0.39 is 17.4 Å². The van der Waals surface area contributed by atoms with Crippen molar-refractivity contribution >= 4 is 11.9 Å². The van der Waals surface area contributed by atoms with E-state index in [1.807, 2.05) is 0 Å². The molecular formula is C11H19NO3. The molecule has 1 saturated carbocycles. The molecule has 15 heavy (non-hydrogen) atoms. The number of rotatable bonds is 3. The van der Waals surface area contributed by atoms with Crippen molar-refractivity contribution in [3.05, 3.63) is 0 Å². The Morgan fingerprint density at radius 3 is 2.13 bits per heavy atom. The van der Waals surface area contributed by atoms with Crippen LogP contribution in [0, 0.1) is 11.3 Å². The zero-order chi connectivity index (χ0) is 11.6. The van der Waals surface area contributed by atoms with Crippen molar-refractivity contribution in [2.75, 3.05) is 0 Å². The normalized spacial score (nSPS) is 19.1. The van der Waals surface area contributed by atoms with Crippen LogP contribution >= 0.6 is 0 Å². The smallest absolute Gasteiger partial charge is 0.326 e. The van der Waals surface area contributed by atoms with Gasteiger partial charge in [-0.1, -0.05) is 27.2 Å². The Morgan fingerprint density at radius 2 is 1.87 bits per heavy atom. The monoisotopic (exact) mass is 213 g/mol. The number of hydrogen-bond acceptors (Lipinski definition) is 2. The van der Waals surface area contributed by atoms with Gasteiger partial charge in [0.25, 0.3) is 0 Å². The fourth-order valence-electron chi connectivity index (χ4n) is 1.51. The van der Waals surface area contributed by atoms with Crippen molar-refractivity contribution in [1.82, 2.24) is 5.32 Å². The Kier molecular flexibility index (Phi) is 3.37. The second kappa shape index (κ2) is 4.21. The topological polar surface area (TPSA) is 66.4 Å². The molecule has 0 spiro atoms. The van der Waals surface area contributed by atoms with Crippen molar-refractivity contribution in [2.24, 2.45) is 11.3 Å². The lowest BCUT2D eigenvalue weighted by Gasteiger charge is -2.33. The zero-order valence-electron chi connectivity index (χ0n) is 9.54. The van der Waals surface area contributed by atoms with Crippen LogP contribution < -0.4 is 5.32 Å². The predicted molar refractivity (Wildman–Crippen MR) is 56.4 cm³/mol. The van der Waals surface area contributed by atoms with E-state index in [0.717, 1.165) is 19.3 Å². The van der Waals surface area contributed by atoms with Gasteiger partial charge in [-0.05, 0) is 18.8 Å². The maximum absolute atomic E-state index is 11.6. The van der Waals surface area contributed by atoms with Crippen LogP contribution in [0.25, 0.3) is 0 Å². The quantitative estimate of drug-likeness (QED) is 0.744. The molecule has 2 N–H and O–H groups in total. The molecule has 0 bridgehead atoms. The minimum atomic E-state index is -0.919. The van der Waals surface area contributed by atoms with Crippen LogP contribution in [0.3, 0.4) is 0 Å². The molecule has 0 aromatic carbocycles. The minimum Gasteiger partial charge on any atom is -0.480 e. The molecule has 1 atom stereocenters. The summed E-state index contributed by atoms with van der Waals surface area (Å²) in [5.41, 5.74) is -0.530. The molecule has 86 valence electrons. The summed E-state index contributed by atoms with van der Waals surface area (Å²) in [7, 11) is 0. The van der Waals surface area contributed by atoms with Crippen molar-refractivity contribution in [3.63, 3.8) is 0 Å². The van der Waals surface area contributed by atoms with Gasteiger partial charge in [0.05, 0.1) is 0 Å². The Bertz CT molecular complexity index is 263. The molecule has 1 aliphatic carbocycles. The zero-order valence-corrected chi connectivity index (χ0v) is 9.54. The highest BCUT2D eigenvalue weighted by atomic mass is 16.4. The lowest BCUT2D eigenvalue weighted by Crippen LogP contribution is -2.51. The van der Waals surface area contributed by atoms with Gasteiger partial charge in [-0.2, -0.15) is 0 Å². The number of carboxylic acid groups (broad SMARTS) is 1. The third kappa shape index (κ3) is 2.94. The molecule has 0 aliphatic heterocycles. The van der Waals surface area contributed by atoms with Crippen LogP contribution in [0.5, 0.6) is 0 Å². The third-order valence-corrected chi connectivity index (χ3v) is 2.86. The molecular weight excluding hydrogens is 194 g/mol. The molecule has 0 heterocycles. The molecule has 1 aliphatic rings. The van der Waals surface area contributed by atoms with E-state index in [0.29, 0.717) is 0 Å². The molecule has 1 fully saturated rings. The number of carboxylic acids is 1. The Hall–Kier alpha value is -1.06. The fourth-order valence-corrected chi connectivity index (χ4v) is 1.51. The highest BCUT2D eigenvalue weighted by Gasteiger charge is 2.35. The summed E-state index contributed by atoms with van der Waals surface area (Å²) < 4.78 is 0. The second-order valence-electron chi connectivity index (χ2n) is 5.23. The van der Waals surface area contributed by atoms with Gasteiger partial charge in [0.15, 0.2) is 0 Å². The minimum absolute atomic E-state index is 0.119. The van der Waals surface area contributed by atoms with E-state index in [-0.39, 0.29) is 11.8 Å². The summed E-state index contributed by atoms with van der Waals surface area (Å²) in [6.45, 7) is 5.34. The summed E-state index contributed by atoms with van der Waals surface area (Å²) >= 11 is 0. The second-order valence-corrected chi connectivity index (χ2v) is 5.23. The molecule has 1 rings (SSSR count). The first kappa shape index (κ1) is 12.0. The first-order valence-electron chi connectivity index (χ1n) is 5.36. The van der Waals surface area contributed by atoms with Gasteiger partial charge >= 0.3 is 5.97 Å². The first-order chi connectivity index (χ1) is 6.82. The standard InChI is InChI=1S/C11H19NO3/c1-11(2,3)10(15)12-8(9(13)14)7-5-4-6-7/h7-8H,4-6H2,1-3H3,(H,12,15)(H,13,14). The number of nitrogens with one attached hydrogen (secondary N) is 1. The SMILES string of the molecule is CC(C)(C)C(=O)NC(C(=O)O)C1CCC1. The van der Waals surface area contributed by atoms with Crippen LogP contribution in [0.1, 0.15) is 40.0 Å². The number of aliphatic carboxylic acids is 1. The summed E-state index contributed by atoms with van der Waals surface area (Å²) in [5.74, 6) is -0.993. The van der Waals surface area contributed by atoms with E-state index in [2.05, 4.69) is 5.32 Å². The number of hydrogen-bond donors (Lipinski definition) is 2. The molecule has 1 unspecified atom stereocenters. The Morgan fingerprint density at radius 1 is 1.33 bits per heavy atom. The molecule has 4 nitrogen and oxygen atoms in total. The summed E-state index contributed by atoms with van der Waals surface area (Å²) in [6, 6.07) is -0.703. The largest absolute Gasteiger partial charge is 0.480 e.